The van der Waals surface area contributed by atoms with Crippen LogP contribution >= 0.6 is 0 Å². The number of Topliss-reactive ketones (excluding diaryl/α,β-unsaturated/α-hetero) is 2. The molecule has 4 aliphatic rings. The molecule has 2 unspecified atom stereocenters. The first-order valence-electron chi connectivity index (χ1n) is 22.3. The fourth-order valence-corrected chi connectivity index (χ4v) is 11.6. The van der Waals surface area contributed by atoms with Gasteiger partial charge in [-0.15, -0.1) is 5.06 Å². The predicted molar refractivity (Wildman–Crippen MR) is 255 cm³/mol. The van der Waals surface area contributed by atoms with Crippen molar-refractivity contribution >= 4 is 104 Å². The van der Waals surface area contributed by atoms with Gasteiger partial charge in [-0.3, -0.25) is 33.1 Å². The van der Waals surface area contributed by atoms with Crippen LogP contribution in [0.2, 0.25) is 0 Å². The molecule has 3 heterocycles. The number of aliphatic hydroxyl groups excluding tert-OH is 1. The zero-order chi connectivity index (χ0) is 51.9. The van der Waals surface area contributed by atoms with Crippen LogP contribution in [0.25, 0.3) is 21.5 Å². The standard InChI is InChI=1S/C48H48N4O16S3/c1-47(2)36(50(20-8-6-7-9-41(56)68-52-39(54)18-19-40(52)55)34-16-10-26-21-28(70(62,63)64)12-14-30(26)42(34)47)23-32-44(57)33(46(59)45(32)58)24-37-48(3,4)43-31-15-13-29(71(65,66)67)22-27(31)11-17-35(43)51(37)25-38(53)49-69(5,60)61/h10-17,21-24,32,44,57H,6-9,18-20,25H2,1-5H3,(H2-,49,53,62,63,64,65,66,67)/p+1/b33-24-,36-23+. The maximum atomic E-state index is 14.2. The second-order valence-corrected chi connectivity index (χ2v) is 23.6. The Morgan fingerprint density at radius 1 is 0.789 bits per heavy atom. The van der Waals surface area contributed by atoms with Crippen molar-refractivity contribution in [1.82, 2.24) is 9.79 Å². The smallest absolute Gasteiger partial charge is 0.333 e. The van der Waals surface area contributed by atoms with Crippen molar-refractivity contribution in [1.29, 1.82) is 0 Å². The molecular formula is C48H49N4O16S3+. The summed E-state index contributed by atoms with van der Waals surface area (Å²) in [5.74, 6) is -6.37. The van der Waals surface area contributed by atoms with Crippen LogP contribution in [0.4, 0.5) is 11.4 Å². The van der Waals surface area contributed by atoms with Gasteiger partial charge < -0.3 is 14.8 Å². The summed E-state index contributed by atoms with van der Waals surface area (Å²) in [5.41, 5.74) is 0.452. The number of unbranched alkanes of at least 4 members (excludes halogenated alkanes) is 2. The third-order valence-electron chi connectivity index (χ3n) is 13.4. The highest BCUT2D eigenvalue weighted by atomic mass is 32.2. The molecular weight excluding hydrogens is 985 g/mol. The molecule has 2 atom stereocenters. The predicted octanol–water partition coefficient (Wildman–Crippen LogP) is 3.84. The molecule has 71 heavy (non-hydrogen) atoms. The average Bonchev–Trinajstić information content (AvgIpc) is 3.85. The lowest BCUT2D eigenvalue weighted by Crippen LogP contribution is -2.37. The number of fused-ring (bicyclic) bond motifs is 6. The zero-order valence-electron chi connectivity index (χ0n) is 39.0. The number of rotatable bonds is 14. The number of carbonyl (C=O) groups excluding carboxylic acids is 6. The topological polar surface area (TPSA) is 296 Å². The Bertz CT molecular complexity index is 3510. The number of amides is 3. The Hall–Kier alpha value is -6.50. The number of benzene rings is 4. The quantitative estimate of drug-likeness (QED) is 0.0348. The minimum absolute atomic E-state index is 0.0496. The van der Waals surface area contributed by atoms with Crippen molar-refractivity contribution in [3.05, 3.63) is 95.2 Å². The maximum Gasteiger partial charge on any atom is 0.333 e. The van der Waals surface area contributed by atoms with Crippen LogP contribution in [0, 0.1) is 5.92 Å². The summed E-state index contributed by atoms with van der Waals surface area (Å²) < 4.78 is 95.5. The SMILES string of the molecule is CC1(C)C(/C=C2\C(=O)C(=O)C(/C=C3/N(CCCCCC(=O)ON4C(=O)CCC4=O)c4ccc5cc(S(=O)(=O)O)ccc5c4C3(C)C)C2O)=[N+](CC(=O)NS(C)(=O)=O)c2ccc3cc(S(=O)(=O)O)ccc3c21. The summed E-state index contributed by atoms with van der Waals surface area (Å²) in [4.78, 5) is 84.3. The first-order chi connectivity index (χ1) is 33.0. The number of anilines is 1. The highest BCUT2D eigenvalue weighted by Crippen LogP contribution is 2.52. The number of sulfonamides is 1. The van der Waals surface area contributed by atoms with Crippen molar-refractivity contribution in [3.63, 3.8) is 0 Å². The summed E-state index contributed by atoms with van der Waals surface area (Å²) in [6.07, 6.45) is 2.86. The monoisotopic (exact) mass is 1030 g/mol. The molecule has 3 amide bonds. The lowest BCUT2D eigenvalue weighted by atomic mass is 9.78. The van der Waals surface area contributed by atoms with Crippen molar-refractivity contribution < 1.29 is 77.6 Å². The largest absolute Gasteiger partial charge is 0.387 e. The van der Waals surface area contributed by atoms with Gasteiger partial charge in [-0.25, -0.2) is 17.9 Å². The van der Waals surface area contributed by atoms with Crippen LogP contribution in [0.3, 0.4) is 0 Å². The number of aliphatic hydroxyl groups is 1. The fourth-order valence-electron chi connectivity index (χ4n) is 10.1. The number of allylic oxidation sites excluding steroid dienone is 2. The molecule has 0 bridgehead atoms. The molecule has 4 N–H and O–H groups in total. The number of hydrogen-bond donors (Lipinski definition) is 4. The average molecular weight is 1030 g/mol. The Morgan fingerprint density at radius 3 is 1.94 bits per heavy atom. The Kier molecular flexibility index (Phi) is 12.9. The van der Waals surface area contributed by atoms with Gasteiger partial charge in [0.25, 0.3) is 38.0 Å². The van der Waals surface area contributed by atoms with E-state index in [-0.39, 0.29) is 46.9 Å². The van der Waals surface area contributed by atoms with Crippen LogP contribution in [0.15, 0.2) is 93.9 Å². The minimum atomic E-state index is -4.60. The van der Waals surface area contributed by atoms with Gasteiger partial charge >= 0.3 is 5.97 Å². The number of nitrogens with zero attached hydrogens (tertiary/aromatic N) is 3. The summed E-state index contributed by atoms with van der Waals surface area (Å²) in [7, 11) is -13.2. The minimum Gasteiger partial charge on any atom is -0.387 e. The van der Waals surface area contributed by atoms with Gasteiger partial charge in [0.05, 0.1) is 33.5 Å². The molecule has 374 valence electrons. The summed E-state index contributed by atoms with van der Waals surface area (Å²) in [5, 5.41) is 14.6. The van der Waals surface area contributed by atoms with Gasteiger partial charge in [-0.05, 0) is 90.2 Å². The van der Waals surface area contributed by atoms with Gasteiger partial charge in [0, 0.05) is 65.9 Å². The highest BCUT2D eigenvalue weighted by Gasteiger charge is 2.51. The maximum absolute atomic E-state index is 14.2. The van der Waals surface area contributed by atoms with Crippen molar-refractivity contribution in [2.24, 2.45) is 5.92 Å². The van der Waals surface area contributed by atoms with Crippen LogP contribution in [-0.2, 0) is 74.7 Å². The number of carbonyl (C=O) groups is 6. The van der Waals surface area contributed by atoms with E-state index in [1.165, 1.54) is 53.1 Å². The molecule has 0 spiro atoms. The molecule has 1 aliphatic carbocycles. The van der Waals surface area contributed by atoms with E-state index in [2.05, 4.69) is 0 Å². The van der Waals surface area contributed by atoms with E-state index in [1.807, 2.05) is 23.5 Å². The van der Waals surface area contributed by atoms with E-state index in [4.69, 9.17) is 4.84 Å². The van der Waals surface area contributed by atoms with Gasteiger partial charge in [0.2, 0.25) is 33.8 Å². The number of nitrogens with one attached hydrogen (secondary N) is 1. The Labute approximate surface area is 408 Å². The van der Waals surface area contributed by atoms with Crippen molar-refractivity contribution in [2.45, 2.75) is 92.9 Å². The van der Waals surface area contributed by atoms with E-state index < -0.39 is 94.9 Å². The van der Waals surface area contributed by atoms with Gasteiger partial charge in [0.15, 0.2) is 5.71 Å². The second-order valence-electron chi connectivity index (χ2n) is 19.0. The third-order valence-corrected chi connectivity index (χ3v) is 15.7. The summed E-state index contributed by atoms with van der Waals surface area (Å²) in [6.45, 7) is 6.83. The second kappa shape index (κ2) is 18.0. The van der Waals surface area contributed by atoms with Gasteiger partial charge in [0.1, 0.15) is 0 Å². The lowest BCUT2D eigenvalue weighted by molar-refractivity contribution is -0.425. The number of hydroxylamine groups is 2. The first-order valence-corrected chi connectivity index (χ1v) is 27.1. The molecule has 4 aromatic carbocycles. The van der Waals surface area contributed by atoms with E-state index in [1.54, 1.807) is 38.1 Å². The molecule has 8 rings (SSSR count). The zero-order valence-corrected chi connectivity index (χ0v) is 41.4. The van der Waals surface area contributed by atoms with Crippen LogP contribution in [0.1, 0.15) is 77.3 Å². The highest BCUT2D eigenvalue weighted by molar-refractivity contribution is 7.89. The summed E-state index contributed by atoms with van der Waals surface area (Å²) in [6, 6.07) is 14.6. The molecule has 2 fully saturated rings. The van der Waals surface area contributed by atoms with Gasteiger partial charge in [-0.1, -0.05) is 44.5 Å². The Morgan fingerprint density at radius 2 is 1.37 bits per heavy atom. The first kappa shape index (κ1) is 50.9. The molecule has 1 saturated carbocycles. The Balaban J connectivity index is 1.17. The van der Waals surface area contributed by atoms with E-state index in [0.717, 1.165) is 6.26 Å². The lowest BCUT2D eigenvalue weighted by Gasteiger charge is -2.29. The third kappa shape index (κ3) is 9.44. The van der Waals surface area contributed by atoms with E-state index in [9.17, 15) is 68.2 Å². The molecule has 3 aliphatic heterocycles. The number of imide groups is 1. The molecule has 23 heteroatoms. The van der Waals surface area contributed by atoms with E-state index in [0.29, 0.717) is 74.1 Å². The van der Waals surface area contributed by atoms with Crippen molar-refractivity contribution in [3.8, 4) is 0 Å². The van der Waals surface area contributed by atoms with E-state index >= 15 is 0 Å². The van der Waals surface area contributed by atoms with Crippen LogP contribution in [-0.4, -0.2) is 116 Å². The summed E-state index contributed by atoms with van der Waals surface area (Å²) >= 11 is 0. The molecule has 0 radical (unpaired) electrons. The van der Waals surface area contributed by atoms with Crippen LogP contribution in [0.5, 0.6) is 0 Å². The van der Waals surface area contributed by atoms with Gasteiger partial charge in [-0.2, -0.15) is 21.4 Å². The normalized spacial score (nSPS) is 21.1. The van der Waals surface area contributed by atoms with Crippen molar-refractivity contribution in [2.75, 3.05) is 24.2 Å². The molecule has 1 saturated heterocycles. The molecule has 20 nitrogen and oxygen atoms in total. The molecule has 0 aromatic heterocycles. The molecule has 4 aromatic rings. The number of ketones is 2. The van der Waals surface area contributed by atoms with Crippen LogP contribution < -0.4 is 9.62 Å². The fraction of sp³-hybridized carbons (Fsp3) is 0.354. The number of hydrogen-bond acceptors (Lipinski definition) is 15.